The van der Waals surface area contributed by atoms with E-state index in [1.54, 1.807) is 0 Å². The topological polar surface area (TPSA) is 241 Å². The maximum Gasteiger partial charge on any atom is 0.314 e. The highest BCUT2D eigenvalue weighted by Gasteiger charge is 2.83. The molecular formula is C28H42N2O14. The summed E-state index contributed by atoms with van der Waals surface area (Å²) in [6, 6.07) is -4.16. The summed E-state index contributed by atoms with van der Waals surface area (Å²) in [5.74, 6) is -8.72. The maximum absolute atomic E-state index is 14.0. The number of carboxylic acids is 3. The smallest absolute Gasteiger partial charge is 0.314 e. The second kappa shape index (κ2) is 13.5. The lowest BCUT2D eigenvalue weighted by molar-refractivity contribution is -0.288. The van der Waals surface area contributed by atoms with Gasteiger partial charge in [-0.1, -0.05) is 13.8 Å². The third kappa shape index (κ3) is 5.60. The standard InChI is InChI=1S/C28H42N2O14/c1-9-26(23(35)36)12(3)29-13(4)27(10-2,24(37)38)28(26,25(39)40)22-19(30-14(5)31)21(43-17(8)34)20(42-16(7)33)18(44-22)11-41-15(6)32/h12-13,18-22,29H,9-11H2,1-8H3,(H,30,31)(H,35,36)(H,37,38)(H,39,40)/t12?,13?,18-,19-,20-,21-,22?,26?,27?,28?/m1/s1. The van der Waals surface area contributed by atoms with E-state index in [1.165, 1.54) is 27.7 Å². The van der Waals surface area contributed by atoms with E-state index in [-0.39, 0.29) is 0 Å². The Labute approximate surface area is 254 Å². The van der Waals surface area contributed by atoms with Crippen molar-refractivity contribution in [2.24, 2.45) is 16.2 Å². The molecule has 9 atom stereocenters. The number of carbonyl (C=O) groups excluding carboxylic acids is 4. The first-order valence-electron chi connectivity index (χ1n) is 14.2. The average Bonchev–Trinajstić information content (AvgIpc) is 2.88. The van der Waals surface area contributed by atoms with Gasteiger partial charge in [-0.05, 0) is 26.7 Å². The Kier molecular flexibility index (Phi) is 11.1. The number of esters is 3. The monoisotopic (exact) mass is 630 g/mol. The van der Waals surface area contributed by atoms with Crippen molar-refractivity contribution in [1.82, 2.24) is 10.6 Å². The number of carboxylic acid groups (broad SMARTS) is 3. The summed E-state index contributed by atoms with van der Waals surface area (Å²) in [6.45, 7) is 9.00. The Hall–Kier alpha value is -3.79. The van der Waals surface area contributed by atoms with Crippen LogP contribution in [0.15, 0.2) is 0 Å². The molecule has 16 nitrogen and oxygen atoms in total. The molecule has 0 bridgehead atoms. The number of hydrogen-bond acceptors (Lipinski definition) is 12. The zero-order chi connectivity index (χ0) is 33.9. The van der Waals surface area contributed by atoms with Crippen molar-refractivity contribution in [2.45, 2.75) is 111 Å². The number of amides is 1. The average molecular weight is 631 g/mol. The molecule has 2 fully saturated rings. The van der Waals surface area contributed by atoms with E-state index in [0.29, 0.717) is 0 Å². The van der Waals surface area contributed by atoms with Crippen LogP contribution in [0.1, 0.15) is 68.2 Å². The molecule has 5 unspecified atom stereocenters. The van der Waals surface area contributed by atoms with Crippen molar-refractivity contribution in [3.8, 4) is 0 Å². The van der Waals surface area contributed by atoms with Gasteiger partial charge in [0.1, 0.15) is 35.1 Å². The molecule has 0 radical (unpaired) electrons. The zero-order valence-electron chi connectivity index (χ0n) is 26.0. The van der Waals surface area contributed by atoms with Crippen molar-refractivity contribution in [2.75, 3.05) is 6.61 Å². The second-order valence-corrected chi connectivity index (χ2v) is 11.3. The van der Waals surface area contributed by atoms with Crippen LogP contribution in [-0.4, -0.2) is 106 Å². The van der Waals surface area contributed by atoms with Gasteiger partial charge in [-0.3, -0.25) is 33.6 Å². The third-order valence-corrected chi connectivity index (χ3v) is 9.15. The Morgan fingerprint density at radius 2 is 1.20 bits per heavy atom. The minimum atomic E-state index is -2.92. The lowest BCUT2D eigenvalue weighted by Crippen LogP contribution is -2.85. The molecule has 0 aromatic rings. The van der Waals surface area contributed by atoms with Gasteiger partial charge >= 0.3 is 35.8 Å². The third-order valence-electron chi connectivity index (χ3n) is 9.15. The lowest BCUT2D eigenvalue weighted by atomic mass is 9.40. The largest absolute Gasteiger partial charge is 0.481 e. The van der Waals surface area contributed by atoms with Crippen LogP contribution in [0.25, 0.3) is 0 Å². The molecule has 2 aliphatic rings. The summed E-state index contributed by atoms with van der Waals surface area (Å²) >= 11 is 0. The van der Waals surface area contributed by atoms with Gasteiger partial charge in [-0.2, -0.15) is 0 Å². The molecule has 44 heavy (non-hydrogen) atoms. The number of aliphatic carboxylic acids is 3. The van der Waals surface area contributed by atoms with Gasteiger partial charge in [0.2, 0.25) is 5.91 Å². The highest BCUT2D eigenvalue weighted by atomic mass is 16.6. The predicted molar refractivity (Wildman–Crippen MR) is 147 cm³/mol. The summed E-state index contributed by atoms with van der Waals surface area (Å²) in [7, 11) is 0. The van der Waals surface area contributed by atoms with Crippen LogP contribution < -0.4 is 10.6 Å². The SMILES string of the molecule is CCC1(C(=O)O)C(C)NC(C)C(CC)(C(=O)O)C1(C(=O)O)C1O[C@H](COC(C)=O)[C@@H](OC(C)=O)[C@H](OC(C)=O)[C@H]1NC(C)=O. The number of carbonyl (C=O) groups is 7. The van der Waals surface area contributed by atoms with Crippen LogP contribution in [0.5, 0.6) is 0 Å². The number of ether oxygens (including phenoxy) is 4. The summed E-state index contributed by atoms with van der Waals surface area (Å²) in [4.78, 5) is 90.0. The summed E-state index contributed by atoms with van der Waals surface area (Å²) in [5, 5.41) is 38.6. The summed E-state index contributed by atoms with van der Waals surface area (Å²) in [6.07, 6.45) is -7.92. The molecule has 0 saturated carbocycles. The van der Waals surface area contributed by atoms with Gasteiger partial charge in [0.05, 0.1) is 6.04 Å². The Balaban J connectivity index is 3.24. The van der Waals surface area contributed by atoms with Crippen molar-refractivity contribution in [1.29, 1.82) is 0 Å². The van der Waals surface area contributed by atoms with Crippen LogP contribution in [-0.2, 0) is 52.5 Å². The summed E-state index contributed by atoms with van der Waals surface area (Å²) in [5.41, 5.74) is -7.81. The van der Waals surface area contributed by atoms with Gasteiger partial charge in [0.25, 0.3) is 0 Å². The lowest BCUT2D eigenvalue weighted by Gasteiger charge is -2.66. The molecule has 0 aromatic heterocycles. The Morgan fingerprint density at radius 3 is 1.55 bits per heavy atom. The molecule has 2 heterocycles. The Morgan fingerprint density at radius 1 is 0.750 bits per heavy atom. The quantitative estimate of drug-likeness (QED) is 0.150. The van der Waals surface area contributed by atoms with E-state index < -0.39 is 120 Å². The predicted octanol–water partition coefficient (Wildman–Crippen LogP) is 0.0982. The maximum atomic E-state index is 14.0. The van der Waals surface area contributed by atoms with Crippen molar-refractivity contribution < 1.29 is 67.8 Å². The molecule has 16 heteroatoms. The first kappa shape index (κ1) is 36.4. The van der Waals surface area contributed by atoms with E-state index in [0.717, 1.165) is 27.7 Å². The number of nitrogens with one attached hydrogen (secondary N) is 2. The van der Waals surface area contributed by atoms with Crippen LogP contribution in [0.2, 0.25) is 0 Å². The van der Waals surface area contributed by atoms with Gasteiger partial charge < -0.3 is 44.9 Å². The minimum Gasteiger partial charge on any atom is -0.481 e. The van der Waals surface area contributed by atoms with Crippen LogP contribution in [0.3, 0.4) is 0 Å². The van der Waals surface area contributed by atoms with Crippen LogP contribution >= 0.6 is 0 Å². The number of piperidine rings is 1. The molecule has 0 spiro atoms. The van der Waals surface area contributed by atoms with Crippen LogP contribution in [0, 0.1) is 16.2 Å². The fraction of sp³-hybridized carbons (Fsp3) is 0.750. The molecule has 5 N–H and O–H groups in total. The summed E-state index contributed by atoms with van der Waals surface area (Å²) < 4.78 is 22.3. The van der Waals surface area contributed by atoms with E-state index in [9.17, 15) is 48.9 Å². The zero-order valence-corrected chi connectivity index (χ0v) is 26.0. The van der Waals surface area contributed by atoms with E-state index in [1.807, 2.05) is 0 Å². The number of rotatable bonds is 11. The molecule has 1 amide bonds. The van der Waals surface area contributed by atoms with Crippen LogP contribution in [0.4, 0.5) is 0 Å². The van der Waals surface area contributed by atoms with E-state index >= 15 is 0 Å². The highest BCUT2D eigenvalue weighted by molar-refractivity contribution is 5.96. The van der Waals surface area contributed by atoms with Gasteiger partial charge in [-0.15, -0.1) is 0 Å². The van der Waals surface area contributed by atoms with Crippen molar-refractivity contribution in [3.05, 3.63) is 0 Å². The molecule has 2 rings (SSSR count). The second-order valence-electron chi connectivity index (χ2n) is 11.3. The van der Waals surface area contributed by atoms with E-state index in [2.05, 4.69) is 10.6 Å². The molecule has 2 aliphatic heterocycles. The normalized spacial score (nSPS) is 36.8. The molecule has 0 aromatic carbocycles. The van der Waals surface area contributed by atoms with Gasteiger partial charge in [0.15, 0.2) is 12.2 Å². The fourth-order valence-electron chi connectivity index (χ4n) is 7.63. The highest BCUT2D eigenvalue weighted by Crippen LogP contribution is 2.65. The van der Waals surface area contributed by atoms with Gasteiger partial charge in [0, 0.05) is 39.8 Å². The molecule has 0 aliphatic carbocycles. The minimum absolute atomic E-state index is 0.433. The van der Waals surface area contributed by atoms with Crippen molar-refractivity contribution in [3.63, 3.8) is 0 Å². The molecule has 2 saturated heterocycles. The fourth-order valence-corrected chi connectivity index (χ4v) is 7.63. The Bertz CT molecular complexity index is 1150. The van der Waals surface area contributed by atoms with Gasteiger partial charge in [-0.25, -0.2) is 0 Å². The molecular weight excluding hydrogens is 588 g/mol. The van der Waals surface area contributed by atoms with Crippen molar-refractivity contribution >= 4 is 41.7 Å². The first-order chi connectivity index (χ1) is 20.3. The van der Waals surface area contributed by atoms with E-state index in [4.69, 9.17) is 18.9 Å². The first-order valence-corrected chi connectivity index (χ1v) is 14.2. The molecule has 248 valence electrons. The number of hydrogen-bond donors (Lipinski definition) is 5.